The smallest absolute Gasteiger partial charge is 0.337 e. The van der Waals surface area contributed by atoms with Crippen LogP contribution in [-0.4, -0.2) is 35.5 Å². The Hall–Kier alpha value is -0.610. The first kappa shape index (κ1) is 22.4. The summed E-state index contributed by atoms with van der Waals surface area (Å²) in [4.78, 5) is 11.1. The first-order chi connectivity index (χ1) is 11.1. The van der Waals surface area contributed by atoms with Gasteiger partial charge in [0.2, 0.25) is 0 Å². The zero-order valence-corrected chi connectivity index (χ0v) is 15.3. The van der Waals surface area contributed by atoms with Crippen molar-refractivity contribution in [3.63, 3.8) is 0 Å². The van der Waals surface area contributed by atoms with Crippen molar-refractivity contribution in [1.29, 1.82) is 0 Å². The Morgan fingerprint density at radius 3 is 1.57 bits per heavy atom. The molecule has 23 heavy (non-hydrogen) atoms. The molecule has 0 aromatic carbocycles. The summed E-state index contributed by atoms with van der Waals surface area (Å²) >= 11 is 0. The van der Waals surface area contributed by atoms with Gasteiger partial charge in [0.1, 0.15) is 0 Å². The first-order valence-corrected chi connectivity index (χ1v) is 9.57. The minimum Gasteiger partial charge on any atom is -0.467 e. The van der Waals surface area contributed by atoms with Crippen LogP contribution in [0.1, 0.15) is 96.8 Å². The number of methoxy groups -OCH3 is 1. The van der Waals surface area contributed by atoms with Crippen LogP contribution in [-0.2, 0) is 9.53 Å². The standard InChI is InChI=1S/C19H38O4/c1-3-4-5-6-7-8-9-10-11-12-13-14-15-16-17(20)18(21)19(22)23-2/h17-18,20-21H,3-16H2,1-2H3/t17-,18+/m0/s1. The molecule has 0 saturated carbocycles. The van der Waals surface area contributed by atoms with Crippen molar-refractivity contribution < 1.29 is 19.7 Å². The van der Waals surface area contributed by atoms with E-state index in [0.717, 1.165) is 19.3 Å². The molecule has 4 heteroatoms. The summed E-state index contributed by atoms with van der Waals surface area (Å²) in [5, 5.41) is 19.1. The number of hydrogen-bond donors (Lipinski definition) is 2. The maximum Gasteiger partial charge on any atom is 0.337 e. The second-order valence-electron chi connectivity index (χ2n) is 6.57. The van der Waals surface area contributed by atoms with Gasteiger partial charge in [0.25, 0.3) is 0 Å². The van der Waals surface area contributed by atoms with Crippen LogP contribution in [0.25, 0.3) is 0 Å². The molecule has 0 unspecified atom stereocenters. The third-order valence-corrected chi connectivity index (χ3v) is 4.41. The fourth-order valence-corrected chi connectivity index (χ4v) is 2.81. The Labute approximate surface area is 142 Å². The molecule has 2 N–H and O–H groups in total. The number of esters is 1. The van der Waals surface area contributed by atoms with Crippen molar-refractivity contribution in [3.05, 3.63) is 0 Å². The van der Waals surface area contributed by atoms with Crippen LogP contribution in [0.5, 0.6) is 0 Å². The summed E-state index contributed by atoms with van der Waals surface area (Å²) in [6, 6.07) is 0. The van der Waals surface area contributed by atoms with Crippen molar-refractivity contribution in [2.75, 3.05) is 7.11 Å². The van der Waals surface area contributed by atoms with E-state index < -0.39 is 18.2 Å². The van der Waals surface area contributed by atoms with Gasteiger partial charge < -0.3 is 14.9 Å². The topological polar surface area (TPSA) is 66.8 Å². The van der Waals surface area contributed by atoms with E-state index in [1.165, 1.54) is 71.3 Å². The highest BCUT2D eigenvalue weighted by atomic mass is 16.5. The number of aliphatic hydroxyl groups excluding tert-OH is 2. The summed E-state index contributed by atoms with van der Waals surface area (Å²) < 4.78 is 4.40. The van der Waals surface area contributed by atoms with Crippen LogP contribution in [0.2, 0.25) is 0 Å². The highest BCUT2D eigenvalue weighted by Crippen LogP contribution is 2.14. The molecule has 0 aliphatic rings. The lowest BCUT2D eigenvalue weighted by Gasteiger charge is -2.15. The molecule has 2 atom stereocenters. The van der Waals surface area contributed by atoms with Gasteiger partial charge in [-0.15, -0.1) is 0 Å². The zero-order valence-electron chi connectivity index (χ0n) is 15.3. The van der Waals surface area contributed by atoms with Crippen LogP contribution in [0.15, 0.2) is 0 Å². The number of carbonyl (C=O) groups excluding carboxylic acids is 1. The number of hydrogen-bond acceptors (Lipinski definition) is 4. The van der Waals surface area contributed by atoms with E-state index in [1.807, 2.05) is 0 Å². The molecule has 0 spiro atoms. The number of unbranched alkanes of at least 4 members (excludes halogenated alkanes) is 12. The first-order valence-electron chi connectivity index (χ1n) is 9.57. The molecular weight excluding hydrogens is 292 g/mol. The molecule has 0 aliphatic heterocycles. The van der Waals surface area contributed by atoms with E-state index >= 15 is 0 Å². The molecule has 0 aliphatic carbocycles. The van der Waals surface area contributed by atoms with Crippen LogP contribution in [0, 0.1) is 0 Å². The van der Waals surface area contributed by atoms with Gasteiger partial charge >= 0.3 is 5.97 Å². The summed E-state index contributed by atoms with van der Waals surface area (Å²) in [5.41, 5.74) is 0. The van der Waals surface area contributed by atoms with Crippen molar-refractivity contribution in [3.8, 4) is 0 Å². The van der Waals surface area contributed by atoms with Gasteiger partial charge in [-0.1, -0.05) is 90.4 Å². The fourth-order valence-electron chi connectivity index (χ4n) is 2.81. The maximum atomic E-state index is 11.1. The molecule has 0 aromatic heterocycles. The van der Waals surface area contributed by atoms with Gasteiger partial charge in [-0.05, 0) is 6.42 Å². The van der Waals surface area contributed by atoms with Gasteiger partial charge in [0.15, 0.2) is 6.10 Å². The lowest BCUT2D eigenvalue weighted by atomic mass is 10.0. The largest absolute Gasteiger partial charge is 0.467 e. The minimum atomic E-state index is -1.41. The van der Waals surface area contributed by atoms with E-state index in [-0.39, 0.29) is 0 Å². The average molecular weight is 331 g/mol. The molecule has 0 heterocycles. The van der Waals surface area contributed by atoms with Gasteiger partial charge in [-0.25, -0.2) is 4.79 Å². The molecule has 0 amide bonds. The van der Waals surface area contributed by atoms with Crippen molar-refractivity contribution >= 4 is 5.97 Å². The van der Waals surface area contributed by atoms with Gasteiger partial charge in [-0.3, -0.25) is 0 Å². The third kappa shape index (κ3) is 13.5. The molecule has 0 radical (unpaired) electrons. The molecule has 0 rings (SSSR count). The molecule has 138 valence electrons. The Balaban J connectivity index is 3.26. The molecule has 0 bridgehead atoms. The van der Waals surface area contributed by atoms with Crippen molar-refractivity contribution in [2.24, 2.45) is 0 Å². The number of rotatable bonds is 16. The van der Waals surface area contributed by atoms with E-state index in [2.05, 4.69) is 11.7 Å². The molecular formula is C19H38O4. The van der Waals surface area contributed by atoms with Crippen LogP contribution >= 0.6 is 0 Å². The molecule has 0 aromatic rings. The van der Waals surface area contributed by atoms with Crippen molar-refractivity contribution in [1.82, 2.24) is 0 Å². The number of ether oxygens (including phenoxy) is 1. The molecule has 0 saturated heterocycles. The second-order valence-corrected chi connectivity index (χ2v) is 6.57. The predicted octanol–water partition coefficient (Wildman–Crippen LogP) is 4.36. The maximum absolute atomic E-state index is 11.1. The van der Waals surface area contributed by atoms with Crippen LogP contribution < -0.4 is 0 Å². The normalized spacial score (nSPS) is 13.7. The third-order valence-electron chi connectivity index (χ3n) is 4.41. The van der Waals surface area contributed by atoms with Gasteiger partial charge in [0.05, 0.1) is 13.2 Å². The monoisotopic (exact) mass is 330 g/mol. The number of aliphatic hydroxyl groups is 2. The lowest BCUT2D eigenvalue weighted by molar-refractivity contribution is -0.156. The zero-order chi connectivity index (χ0) is 17.3. The predicted molar refractivity (Wildman–Crippen MR) is 94.3 cm³/mol. The minimum absolute atomic E-state index is 0.452. The Bertz CT molecular complexity index is 268. The second kappa shape index (κ2) is 16.3. The Kier molecular flexibility index (Phi) is 15.8. The van der Waals surface area contributed by atoms with Gasteiger partial charge in [0, 0.05) is 0 Å². The Morgan fingerprint density at radius 2 is 1.17 bits per heavy atom. The van der Waals surface area contributed by atoms with Crippen LogP contribution in [0.4, 0.5) is 0 Å². The molecule has 4 nitrogen and oxygen atoms in total. The molecule has 0 fully saturated rings. The summed E-state index contributed by atoms with van der Waals surface area (Å²) in [7, 11) is 1.21. The van der Waals surface area contributed by atoms with Gasteiger partial charge in [-0.2, -0.15) is 0 Å². The van der Waals surface area contributed by atoms with E-state index in [1.54, 1.807) is 0 Å². The number of carbonyl (C=O) groups is 1. The van der Waals surface area contributed by atoms with E-state index in [4.69, 9.17) is 0 Å². The lowest BCUT2D eigenvalue weighted by Crippen LogP contribution is -2.34. The fraction of sp³-hybridized carbons (Fsp3) is 0.947. The van der Waals surface area contributed by atoms with E-state index in [9.17, 15) is 15.0 Å². The average Bonchev–Trinajstić information content (AvgIpc) is 2.57. The Morgan fingerprint density at radius 1 is 0.783 bits per heavy atom. The quantitative estimate of drug-likeness (QED) is 0.326. The van der Waals surface area contributed by atoms with Crippen molar-refractivity contribution in [2.45, 2.75) is 109 Å². The summed E-state index contributed by atoms with van der Waals surface area (Å²) in [6.45, 7) is 2.25. The SMILES string of the molecule is CCCCCCCCCCCCCCC[C@H](O)[C@@H](O)C(=O)OC. The highest BCUT2D eigenvalue weighted by Gasteiger charge is 2.24. The van der Waals surface area contributed by atoms with Crippen LogP contribution in [0.3, 0.4) is 0 Å². The summed E-state index contributed by atoms with van der Waals surface area (Å²) in [5.74, 6) is -0.757. The highest BCUT2D eigenvalue weighted by molar-refractivity contribution is 5.74. The summed E-state index contributed by atoms with van der Waals surface area (Å²) in [6.07, 6.45) is 14.6. The van der Waals surface area contributed by atoms with E-state index in [0.29, 0.717) is 6.42 Å².